The molecule has 1 aromatic rings. The quantitative estimate of drug-likeness (QED) is 0.825. The van der Waals surface area contributed by atoms with Crippen LogP contribution in [0, 0.1) is 18.3 Å². The van der Waals surface area contributed by atoms with E-state index in [0.29, 0.717) is 17.5 Å². The molecule has 6 heteroatoms. The Morgan fingerprint density at radius 3 is 2.94 bits per heavy atom. The summed E-state index contributed by atoms with van der Waals surface area (Å²) in [5.74, 6) is 0.980. The fourth-order valence-electron chi connectivity index (χ4n) is 1.77. The zero-order valence-electron chi connectivity index (χ0n) is 9.90. The minimum absolute atomic E-state index is 0.324. The van der Waals surface area contributed by atoms with E-state index in [0.717, 1.165) is 39.4 Å². The van der Waals surface area contributed by atoms with Gasteiger partial charge < -0.3 is 14.5 Å². The highest BCUT2D eigenvalue weighted by Crippen LogP contribution is 2.15. The van der Waals surface area contributed by atoms with E-state index in [1.807, 2.05) is 6.07 Å². The van der Waals surface area contributed by atoms with Crippen molar-refractivity contribution in [3.05, 3.63) is 11.6 Å². The number of rotatable bonds is 4. The number of aryl methyl sites for hydroxylation is 1. The van der Waals surface area contributed by atoms with Gasteiger partial charge in [-0.1, -0.05) is 0 Å². The molecule has 6 nitrogen and oxygen atoms in total. The minimum atomic E-state index is 0.324. The summed E-state index contributed by atoms with van der Waals surface area (Å²) in [5.41, 5.74) is 0.324. The first-order chi connectivity index (χ1) is 8.29. The maximum absolute atomic E-state index is 8.84. The zero-order chi connectivity index (χ0) is 12.1. The van der Waals surface area contributed by atoms with Crippen LogP contribution in [0.1, 0.15) is 11.6 Å². The van der Waals surface area contributed by atoms with Gasteiger partial charge in [0.25, 0.3) is 0 Å². The van der Waals surface area contributed by atoms with Crippen LogP contribution in [0.2, 0.25) is 0 Å². The summed E-state index contributed by atoms with van der Waals surface area (Å²) in [7, 11) is 0. The monoisotopic (exact) mass is 236 g/mol. The molecule has 0 atom stereocenters. The number of morpholine rings is 1. The average Bonchev–Trinajstić information content (AvgIpc) is 2.71. The lowest BCUT2D eigenvalue weighted by Crippen LogP contribution is -2.39. The highest BCUT2D eigenvalue weighted by molar-refractivity contribution is 5.45. The van der Waals surface area contributed by atoms with E-state index in [2.05, 4.69) is 15.2 Å². The largest absolute Gasteiger partial charge is 0.424 e. The van der Waals surface area contributed by atoms with Crippen molar-refractivity contribution in [1.82, 2.24) is 9.88 Å². The first kappa shape index (κ1) is 11.9. The van der Waals surface area contributed by atoms with Crippen LogP contribution in [0.5, 0.6) is 0 Å². The van der Waals surface area contributed by atoms with Gasteiger partial charge in [-0.3, -0.25) is 4.90 Å². The Labute approximate surface area is 100 Å². The Balaban J connectivity index is 1.79. The molecular weight excluding hydrogens is 220 g/mol. The van der Waals surface area contributed by atoms with E-state index in [4.69, 9.17) is 14.4 Å². The van der Waals surface area contributed by atoms with Gasteiger partial charge in [0.2, 0.25) is 11.6 Å². The van der Waals surface area contributed by atoms with Crippen LogP contribution in [0.4, 0.5) is 5.88 Å². The van der Waals surface area contributed by atoms with Crippen LogP contribution in [0.15, 0.2) is 4.42 Å². The Morgan fingerprint density at radius 2 is 2.24 bits per heavy atom. The number of ether oxygens (including phenoxy) is 1. The highest BCUT2D eigenvalue weighted by atomic mass is 16.5. The Hall–Kier alpha value is -1.58. The summed E-state index contributed by atoms with van der Waals surface area (Å²) >= 11 is 0. The summed E-state index contributed by atoms with van der Waals surface area (Å²) in [5, 5.41) is 11.9. The number of hydrogen-bond acceptors (Lipinski definition) is 6. The molecule has 0 aromatic carbocycles. The zero-order valence-corrected chi connectivity index (χ0v) is 9.90. The molecule has 1 fully saturated rings. The molecule has 1 aromatic heterocycles. The number of aromatic nitrogens is 1. The molecule has 0 saturated carbocycles. The van der Waals surface area contributed by atoms with Crippen LogP contribution < -0.4 is 5.32 Å². The van der Waals surface area contributed by atoms with Crippen LogP contribution in [-0.4, -0.2) is 49.3 Å². The predicted octanol–water partition coefficient (Wildman–Crippen LogP) is 0.599. The maximum Gasteiger partial charge on any atom is 0.232 e. The smallest absolute Gasteiger partial charge is 0.232 e. The maximum atomic E-state index is 8.84. The van der Waals surface area contributed by atoms with E-state index < -0.39 is 0 Å². The van der Waals surface area contributed by atoms with Crippen molar-refractivity contribution in [1.29, 1.82) is 5.26 Å². The normalized spacial score (nSPS) is 16.7. The van der Waals surface area contributed by atoms with Gasteiger partial charge in [-0.05, 0) is 0 Å². The SMILES string of the molecule is Cc1nc(C#N)c(NCCN2CCOCC2)o1. The van der Waals surface area contributed by atoms with Crippen molar-refractivity contribution in [3.8, 4) is 6.07 Å². The third kappa shape index (κ3) is 3.19. The number of oxazole rings is 1. The lowest BCUT2D eigenvalue weighted by Gasteiger charge is -2.26. The topological polar surface area (TPSA) is 74.3 Å². The first-order valence-corrected chi connectivity index (χ1v) is 5.71. The molecule has 0 unspecified atom stereocenters. The molecule has 2 rings (SSSR count). The second-order valence-electron chi connectivity index (χ2n) is 3.90. The lowest BCUT2D eigenvalue weighted by atomic mass is 10.4. The fourth-order valence-corrected chi connectivity index (χ4v) is 1.77. The van der Waals surface area contributed by atoms with E-state index in [9.17, 15) is 0 Å². The van der Waals surface area contributed by atoms with Crippen LogP contribution in [0.3, 0.4) is 0 Å². The highest BCUT2D eigenvalue weighted by Gasteiger charge is 2.12. The third-order valence-electron chi connectivity index (χ3n) is 2.66. The molecule has 2 heterocycles. The number of nitriles is 1. The van der Waals surface area contributed by atoms with Gasteiger partial charge in [-0.15, -0.1) is 0 Å². The van der Waals surface area contributed by atoms with Gasteiger partial charge in [0.05, 0.1) is 13.2 Å². The number of hydrogen-bond donors (Lipinski definition) is 1. The van der Waals surface area contributed by atoms with Crippen molar-refractivity contribution < 1.29 is 9.15 Å². The molecule has 0 spiro atoms. The summed E-state index contributed by atoms with van der Waals surface area (Å²) < 4.78 is 10.6. The second-order valence-corrected chi connectivity index (χ2v) is 3.90. The number of anilines is 1. The van der Waals surface area contributed by atoms with Gasteiger partial charge in [0, 0.05) is 33.1 Å². The Kier molecular flexibility index (Phi) is 3.96. The van der Waals surface area contributed by atoms with Crippen LogP contribution in [-0.2, 0) is 4.74 Å². The number of nitrogens with one attached hydrogen (secondary N) is 1. The molecular formula is C11H16N4O2. The second kappa shape index (κ2) is 5.66. The van der Waals surface area contributed by atoms with E-state index in [1.165, 1.54) is 0 Å². The Morgan fingerprint density at radius 1 is 1.47 bits per heavy atom. The summed E-state index contributed by atoms with van der Waals surface area (Å²) in [6.45, 7) is 6.89. The molecule has 1 aliphatic rings. The van der Waals surface area contributed by atoms with Gasteiger partial charge in [-0.25, -0.2) is 4.98 Å². The van der Waals surface area contributed by atoms with Gasteiger partial charge in [0.15, 0.2) is 5.89 Å². The van der Waals surface area contributed by atoms with E-state index in [1.54, 1.807) is 6.92 Å². The van der Waals surface area contributed by atoms with E-state index >= 15 is 0 Å². The van der Waals surface area contributed by atoms with Gasteiger partial charge >= 0.3 is 0 Å². The van der Waals surface area contributed by atoms with Gasteiger partial charge in [-0.2, -0.15) is 5.26 Å². The van der Waals surface area contributed by atoms with Crippen molar-refractivity contribution in [2.24, 2.45) is 0 Å². The van der Waals surface area contributed by atoms with Crippen molar-refractivity contribution >= 4 is 5.88 Å². The summed E-state index contributed by atoms with van der Waals surface area (Å²) in [4.78, 5) is 6.28. The average molecular weight is 236 g/mol. The van der Waals surface area contributed by atoms with Crippen LogP contribution in [0.25, 0.3) is 0 Å². The summed E-state index contributed by atoms with van der Waals surface area (Å²) in [6.07, 6.45) is 0. The van der Waals surface area contributed by atoms with Crippen molar-refractivity contribution in [2.45, 2.75) is 6.92 Å². The first-order valence-electron chi connectivity index (χ1n) is 5.71. The van der Waals surface area contributed by atoms with Crippen molar-refractivity contribution in [2.75, 3.05) is 44.7 Å². The molecule has 1 saturated heterocycles. The van der Waals surface area contributed by atoms with Crippen molar-refractivity contribution in [3.63, 3.8) is 0 Å². The summed E-state index contributed by atoms with van der Waals surface area (Å²) in [6, 6.07) is 2.00. The van der Waals surface area contributed by atoms with Gasteiger partial charge in [0.1, 0.15) is 6.07 Å². The lowest BCUT2D eigenvalue weighted by molar-refractivity contribution is 0.0398. The molecule has 0 amide bonds. The molecule has 17 heavy (non-hydrogen) atoms. The standard InChI is InChI=1S/C11H16N4O2/c1-9-14-10(8-12)11(17-9)13-2-3-15-4-6-16-7-5-15/h13H,2-7H2,1H3. The molecule has 0 aliphatic carbocycles. The number of nitrogens with zero attached hydrogens (tertiary/aromatic N) is 3. The van der Waals surface area contributed by atoms with Crippen LogP contribution >= 0.6 is 0 Å². The van der Waals surface area contributed by atoms with E-state index in [-0.39, 0.29) is 0 Å². The Bertz CT molecular complexity index is 404. The fraction of sp³-hybridized carbons (Fsp3) is 0.636. The molecule has 1 aliphatic heterocycles. The predicted molar refractivity (Wildman–Crippen MR) is 61.7 cm³/mol. The minimum Gasteiger partial charge on any atom is -0.424 e. The third-order valence-corrected chi connectivity index (χ3v) is 2.66. The molecule has 0 bridgehead atoms. The molecule has 92 valence electrons. The molecule has 0 radical (unpaired) electrons. The molecule has 1 N–H and O–H groups in total.